The molecule has 0 aromatic heterocycles. The Morgan fingerprint density at radius 1 is 1.11 bits per heavy atom. The third-order valence-electron chi connectivity index (χ3n) is 4.36. The highest BCUT2D eigenvalue weighted by Gasteiger charge is 2.31. The quantitative estimate of drug-likeness (QED) is 0.682. The van der Waals surface area contributed by atoms with Gasteiger partial charge in [0.1, 0.15) is 6.10 Å². The van der Waals surface area contributed by atoms with Crippen molar-refractivity contribution in [3.8, 4) is 0 Å². The molecule has 0 N–H and O–H groups in total. The van der Waals surface area contributed by atoms with Crippen molar-refractivity contribution in [2.75, 3.05) is 25.4 Å². The number of thioether (sulfide) groups is 1. The van der Waals surface area contributed by atoms with Crippen molar-refractivity contribution in [3.05, 3.63) is 65.7 Å². The van der Waals surface area contributed by atoms with Crippen LogP contribution in [0.4, 0.5) is 13.2 Å². The topological polar surface area (TPSA) is 29.5 Å². The summed E-state index contributed by atoms with van der Waals surface area (Å²) in [6.07, 6.45) is -4.34. The summed E-state index contributed by atoms with van der Waals surface area (Å²) in [5.74, 6) is 0.726. The van der Waals surface area contributed by atoms with Gasteiger partial charge in [-0.3, -0.25) is 4.79 Å². The second-order valence-electron chi connectivity index (χ2n) is 6.23. The third kappa shape index (κ3) is 5.49. The molecule has 1 aliphatic rings. The van der Waals surface area contributed by atoms with E-state index in [1.165, 1.54) is 12.1 Å². The lowest BCUT2D eigenvalue weighted by Crippen LogP contribution is -2.42. The molecular formula is C20H20F3NO2S. The summed E-state index contributed by atoms with van der Waals surface area (Å²) >= 11 is 1.63. The molecule has 1 aliphatic heterocycles. The van der Waals surface area contributed by atoms with Gasteiger partial charge in [0, 0.05) is 23.6 Å². The molecule has 0 spiro atoms. The first-order valence-corrected chi connectivity index (χ1v) is 9.66. The Morgan fingerprint density at radius 2 is 1.81 bits per heavy atom. The van der Waals surface area contributed by atoms with Crippen molar-refractivity contribution in [1.82, 2.24) is 4.90 Å². The van der Waals surface area contributed by atoms with Gasteiger partial charge in [0.2, 0.25) is 5.91 Å². The summed E-state index contributed by atoms with van der Waals surface area (Å²) in [5.41, 5.74) is -0.0351. The molecule has 1 fully saturated rings. The van der Waals surface area contributed by atoms with Crippen molar-refractivity contribution >= 4 is 17.7 Å². The van der Waals surface area contributed by atoms with E-state index in [1.54, 1.807) is 16.7 Å². The van der Waals surface area contributed by atoms with Gasteiger partial charge >= 0.3 is 6.18 Å². The molecule has 144 valence electrons. The lowest BCUT2D eigenvalue weighted by molar-refractivity contribution is -0.138. The molecule has 0 bridgehead atoms. The van der Waals surface area contributed by atoms with Gasteiger partial charge in [-0.15, -0.1) is 11.8 Å². The minimum atomic E-state index is -4.36. The van der Waals surface area contributed by atoms with Crippen molar-refractivity contribution < 1.29 is 22.7 Å². The number of carbonyl (C=O) groups is 1. The summed E-state index contributed by atoms with van der Waals surface area (Å²) in [4.78, 5) is 15.3. The average Bonchev–Trinajstić information content (AvgIpc) is 2.68. The van der Waals surface area contributed by atoms with Gasteiger partial charge in [-0.05, 0) is 29.8 Å². The van der Waals surface area contributed by atoms with Crippen LogP contribution in [0.2, 0.25) is 0 Å². The fourth-order valence-electron chi connectivity index (χ4n) is 2.90. The van der Waals surface area contributed by atoms with E-state index in [1.807, 2.05) is 30.3 Å². The van der Waals surface area contributed by atoms with E-state index in [2.05, 4.69) is 0 Å². The van der Waals surface area contributed by atoms with Crippen molar-refractivity contribution in [2.45, 2.75) is 23.6 Å². The Morgan fingerprint density at radius 3 is 2.48 bits per heavy atom. The van der Waals surface area contributed by atoms with Gasteiger partial charge in [0.25, 0.3) is 0 Å². The maximum Gasteiger partial charge on any atom is 0.416 e. The summed E-state index contributed by atoms with van der Waals surface area (Å²) in [6.45, 7) is 1.25. The lowest BCUT2D eigenvalue weighted by atomic mass is 10.0. The van der Waals surface area contributed by atoms with Gasteiger partial charge in [0.05, 0.1) is 18.7 Å². The van der Waals surface area contributed by atoms with Crippen LogP contribution in [0, 0.1) is 0 Å². The minimum absolute atomic E-state index is 0.0404. The van der Waals surface area contributed by atoms with Crippen LogP contribution in [0.1, 0.15) is 23.7 Å². The Bertz CT molecular complexity index is 750. The van der Waals surface area contributed by atoms with Gasteiger partial charge in [0.15, 0.2) is 0 Å². The fourth-order valence-corrected chi connectivity index (χ4v) is 3.76. The molecule has 2 aromatic carbocycles. The van der Waals surface area contributed by atoms with Crippen molar-refractivity contribution in [3.63, 3.8) is 0 Å². The number of hydrogen-bond acceptors (Lipinski definition) is 3. The number of nitrogens with zero attached hydrogens (tertiary/aromatic N) is 1. The number of ether oxygens (including phenoxy) is 1. The lowest BCUT2D eigenvalue weighted by Gasteiger charge is -2.33. The van der Waals surface area contributed by atoms with Crippen LogP contribution < -0.4 is 0 Å². The fraction of sp³-hybridized carbons (Fsp3) is 0.350. The first-order valence-electron chi connectivity index (χ1n) is 8.68. The maximum atomic E-state index is 12.7. The molecule has 0 radical (unpaired) electrons. The molecule has 0 saturated carbocycles. The van der Waals surface area contributed by atoms with Gasteiger partial charge in [-0.1, -0.05) is 30.3 Å². The minimum Gasteiger partial charge on any atom is -0.370 e. The highest BCUT2D eigenvalue weighted by Crippen LogP contribution is 2.31. The first-order chi connectivity index (χ1) is 12.9. The van der Waals surface area contributed by atoms with E-state index in [4.69, 9.17) is 4.74 Å². The molecule has 27 heavy (non-hydrogen) atoms. The number of halogens is 3. The van der Waals surface area contributed by atoms with Crippen LogP contribution in [-0.4, -0.2) is 36.3 Å². The largest absolute Gasteiger partial charge is 0.416 e. The summed E-state index contributed by atoms with van der Waals surface area (Å²) in [7, 11) is 0. The number of alkyl halides is 3. The molecule has 7 heteroatoms. The molecular weight excluding hydrogens is 375 g/mol. The van der Waals surface area contributed by atoms with Crippen LogP contribution >= 0.6 is 11.8 Å². The van der Waals surface area contributed by atoms with E-state index < -0.39 is 17.8 Å². The zero-order chi connectivity index (χ0) is 19.3. The summed E-state index contributed by atoms with van der Waals surface area (Å²) in [6, 6.07) is 14.8. The molecule has 1 saturated heterocycles. The van der Waals surface area contributed by atoms with Crippen molar-refractivity contribution in [1.29, 1.82) is 0 Å². The number of morpholine rings is 1. The zero-order valence-corrected chi connectivity index (χ0v) is 15.4. The highest BCUT2D eigenvalue weighted by atomic mass is 32.2. The molecule has 2 aromatic rings. The number of benzene rings is 2. The van der Waals surface area contributed by atoms with Gasteiger partial charge in [-0.25, -0.2) is 0 Å². The predicted molar refractivity (Wildman–Crippen MR) is 98.5 cm³/mol. The zero-order valence-electron chi connectivity index (χ0n) is 14.6. The molecule has 0 aliphatic carbocycles. The highest BCUT2D eigenvalue weighted by molar-refractivity contribution is 7.99. The van der Waals surface area contributed by atoms with E-state index in [9.17, 15) is 18.0 Å². The second kappa shape index (κ2) is 8.80. The second-order valence-corrected chi connectivity index (χ2v) is 7.40. The standard InChI is InChI=1S/C20H20F3NO2S/c21-20(22,23)16-8-6-15(7-9-16)18-14-24(11-12-26-18)19(25)10-13-27-17-4-2-1-3-5-17/h1-9,18H,10-14H2/t18-/m1/s1. The van der Waals surface area contributed by atoms with E-state index in [-0.39, 0.29) is 5.91 Å². The summed E-state index contributed by atoms with van der Waals surface area (Å²) in [5, 5.41) is 0. The monoisotopic (exact) mass is 395 g/mol. The number of amides is 1. The Hall–Kier alpha value is -1.99. The Balaban J connectivity index is 1.53. The molecule has 3 rings (SSSR count). The average molecular weight is 395 g/mol. The van der Waals surface area contributed by atoms with Crippen molar-refractivity contribution in [2.24, 2.45) is 0 Å². The van der Waals surface area contributed by atoms with Crippen LogP contribution in [0.15, 0.2) is 59.5 Å². The first kappa shape index (κ1) is 19.8. The maximum absolute atomic E-state index is 12.7. The van der Waals surface area contributed by atoms with Gasteiger partial charge in [-0.2, -0.15) is 13.2 Å². The predicted octanol–water partition coefficient (Wildman–Crippen LogP) is 4.79. The van der Waals surface area contributed by atoms with E-state index in [0.29, 0.717) is 37.4 Å². The Kier molecular flexibility index (Phi) is 6.44. The number of hydrogen-bond donors (Lipinski definition) is 0. The third-order valence-corrected chi connectivity index (χ3v) is 5.37. The van der Waals surface area contributed by atoms with Gasteiger partial charge < -0.3 is 9.64 Å². The van der Waals surface area contributed by atoms with E-state index in [0.717, 1.165) is 17.0 Å². The molecule has 3 nitrogen and oxygen atoms in total. The van der Waals surface area contributed by atoms with E-state index >= 15 is 0 Å². The molecule has 1 amide bonds. The number of carbonyl (C=O) groups excluding carboxylic acids is 1. The normalized spacial score (nSPS) is 17.7. The van der Waals surface area contributed by atoms with Crippen LogP contribution in [0.3, 0.4) is 0 Å². The summed E-state index contributed by atoms with van der Waals surface area (Å²) < 4.78 is 43.7. The molecule has 0 unspecified atom stereocenters. The molecule has 1 atom stereocenters. The smallest absolute Gasteiger partial charge is 0.370 e. The SMILES string of the molecule is O=C(CCSc1ccccc1)N1CCO[C@@H](c2ccc(C(F)(F)F)cc2)C1. The number of rotatable bonds is 5. The van der Waals surface area contributed by atoms with Crippen LogP contribution in [0.25, 0.3) is 0 Å². The molecule has 1 heterocycles. The Labute approximate surface area is 160 Å². The van der Waals surface area contributed by atoms with Crippen LogP contribution in [0.5, 0.6) is 0 Å². The van der Waals surface area contributed by atoms with Crippen LogP contribution in [-0.2, 0) is 15.7 Å².